The first-order chi connectivity index (χ1) is 20.7. The first kappa shape index (κ1) is 32.7. The largest absolute Gasteiger partial charge is 0.494 e. The molecule has 9 heteroatoms. The van der Waals surface area contributed by atoms with Gasteiger partial charge in [-0.25, -0.2) is 0 Å². The fraction of sp³-hybridized carbons (Fsp3) is 0.618. The molecule has 3 aliphatic heterocycles. The molecule has 0 aromatic heterocycles. The highest BCUT2D eigenvalue weighted by Gasteiger charge is 2.78. The van der Waals surface area contributed by atoms with Gasteiger partial charge in [-0.2, -0.15) is 0 Å². The monoisotopic (exact) mass is 595 g/mol. The van der Waals surface area contributed by atoms with Gasteiger partial charge < -0.3 is 29.3 Å². The van der Waals surface area contributed by atoms with Crippen molar-refractivity contribution in [2.75, 3.05) is 37.7 Å². The maximum absolute atomic E-state index is 14.6. The lowest BCUT2D eigenvalue weighted by Crippen LogP contribution is -2.58. The number of aliphatic hydroxyl groups excluding tert-OH is 1. The molecule has 236 valence electrons. The smallest absolute Gasteiger partial charge is 0.248 e. The molecule has 1 aromatic carbocycles. The summed E-state index contributed by atoms with van der Waals surface area (Å²) >= 11 is 0. The summed E-state index contributed by atoms with van der Waals surface area (Å²) in [6, 6.07) is 5.80. The van der Waals surface area contributed by atoms with Gasteiger partial charge in [0.25, 0.3) is 0 Å². The summed E-state index contributed by atoms with van der Waals surface area (Å²) in [5, 5.41) is 10.4. The minimum absolute atomic E-state index is 0.203. The van der Waals surface area contributed by atoms with E-state index in [1.165, 1.54) is 0 Å². The maximum atomic E-state index is 14.6. The molecule has 43 heavy (non-hydrogen) atoms. The number of anilines is 1. The first-order valence-electron chi connectivity index (χ1n) is 15.9. The van der Waals surface area contributed by atoms with Gasteiger partial charge in [0.2, 0.25) is 17.7 Å². The summed E-state index contributed by atoms with van der Waals surface area (Å²) in [6.45, 7) is 16.9. The minimum atomic E-state index is -1.16. The Morgan fingerprint density at radius 1 is 1.12 bits per heavy atom. The molecule has 3 amide bonds. The molecule has 2 bridgehead atoms. The highest BCUT2D eigenvalue weighted by molar-refractivity contribution is 6.03. The Hall–Kier alpha value is -3.17. The van der Waals surface area contributed by atoms with Crippen molar-refractivity contribution in [2.24, 2.45) is 11.8 Å². The van der Waals surface area contributed by atoms with E-state index in [1.54, 1.807) is 26.9 Å². The Balaban J connectivity index is 1.77. The molecule has 3 fully saturated rings. The topological polar surface area (TPSA) is 99.6 Å². The number of ether oxygens (including phenoxy) is 2. The van der Waals surface area contributed by atoms with E-state index in [0.29, 0.717) is 50.4 Å². The fourth-order valence-electron chi connectivity index (χ4n) is 7.51. The summed E-state index contributed by atoms with van der Waals surface area (Å²) in [6.07, 6.45) is 7.69. The number of hydrogen-bond donors (Lipinski definition) is 1. The third-order valence-corrected chi connectivity index (χ3v) is 9.52. The normalized spacial score (nSPS) is 28.0. The van der Waals surface area contributed by atoms with E-state index >= 15 is 0 Å². The van der Waals surface area contributed by atoms with Crippen LogP contribution in [0, 0.1) is 11.8 Å². The molecular weight excluding hydrogens is 546 g/mol. The Labute approximate surface area is 256 Å². The van der Waals surface area contributed by atoms with Crippen LogP contribution in [0.1, 0.15) is 66.2 Å². The van der Waals surface area contributed by atoms with Crippen molar-refractivity contribution in [1.82, 2.24) is 9.80 Å². The van der Waals surface area contributed by atoms with Crippen molar-refractivity contribution >= 4 is 23.4 Å². The van der Waals surface area contributed by atoms with Gasteiger partial charge in [-0.15, -0.1) is 13.2 Å². The third-order valence-electron chi connectivity index (χ3n) is 9.52. The summed E-state index contributed by atoms with van der Waals surface area (Å²) in [5.41, 5.74) is -1.41. The second-order valence-electron chi connectivity index (χ2n) is 12.2. The van der Waals surface area contributed by atoms with Crippen molar-refractivity contribution in [1.29, 1.82) is 0 Å². The van der Waals surface area contributed by atoms with Crippen molar-refractivity contribution < 1.29 is 29.0 Å². The van der Waals surface area contributed by atoms with Crippen LogP contribution in [-0.4, -0.2) is 88.8 Å². The fourth-order valence-corrected chi connectivity index (χ4v) is 7.51. The molecule has 6 atom stereocenters. The SMILES string of the molecule is C=CCN(CCCCC)C(=O)C1N([C@@H](CC)CO)C(=O)[C@@H]2[C@@H](C(=O)N(CC=C)c3ccc(OCC)cc3)[C@@]3(C)CCC12O3. The van der Waals surface area contributed by atoms with Crippen LogP contribution in [0.2, 0.25) is 0 Å². The lowest BCUT2D eigenvalue weighted by atomic mass is 9.66. The van der Waals surface area contributed by atoms with Crippen LogP contribution in [-0.2, 0) is 19.1 Å². The van der Waals surface area contributed by atoms with Gasteiger partial charge in [0.05, 0.1) is 36.7 Å². The Bertz CT molecular complexity index is 1180. The number of fused-ring (bicyclic) bond motifs is 1. The summed E-state index contributed by atoms with van der Waals surface area (Å²) < 4.78 is 12.4. The van der Waals surface area contributed by atoms with Crippen molar-refractivity contribution in [3.05, 3.63) is 49.6 Å². The van der Waals surface area contributed by atoms with Gasteiger partial charge in [0.1, 0.15) is 17.4 Å². The number of hydrogen-bond acceptors (Lipinski definition) is 6. The zero-order chi connectivity index (χ0) is 31.4. The molecule has 9 nitrogen and oxygen atoms in total. The maximum Gasteiger partial charge on any atom is 0.248 e. The molecule has 4 rings (SSSR count). The number of likely N-dealkylation sites (tertiary alicyclic amines) is 1. The predicted octanol–water partition coefficient (Wildman–Crippen LogP) is 4.34. The molecule has 2 unspecified atom stereocenters. The third kappa shape index (κ3) is 5.74. The van der Waals surface area contributed by atoms with Crippen LogP contribution >= 0.6 is 0 Å². The minimum Gasteiger partial charge on any atom is -0.494 e. The number of amides is 3. The van der Waals surface area contributed by atoms with E-state index in [2.05, 4.69) is 20.1 Å². The van der Waals surface area contributed by atoms with Crippen LogP contribution in [0.15, 0.2) is 49.6 Å². The summed E-state index contributed by atoms with van der Waals surface area (Å²) in [5.74, 6) is -1.67. The van der Waals surface area contributed by atoms with Gasteiger partial charge >= 0.3 is 0 Å². The van der Waals surface area contributed by atoms with Crippen LogP contribution in [0.3, 0.4) is 0 Å². The Kier molecular flexibility index (Phi) is 10.4. The second kappa shape index (κ2) is 13.6. The highest BCUT2D eigenvalue weighted by atomic mass is 16.5. The zero-order valence-corrected chi connectivity index (χ0v) is 26.3. The summed E-state index contributed by atoms with van der Waals surface area (Å²) in [4.78, 5) is 48.5. The molecule has 3 heterocycles. The predicted molar refractivity (Wildman–Crippen MR) is 167 cm³/mol. The van der Waals surface area contributed by atoms with Crippen molar-refractivity contribution in [3.63, 3.8) is 0 Å². The molecular formula is C34H49N3O6. The average molecular weight is 596 g/mol. The van der Waals surface area contributed by atoms with Gasteiger partial charge in [-0.1, -0.05) is 38.8 Å². The van der Waals surface area contributed by atoms with E-state index in [1.807, 2.05) is 45.0 Å². The standard InChI is InChI=1S/C34H49N3O6/c1-7-12-13-22-35(20-8-2)32(41)29-34-19-18-33(6,43-34)27(28(34)31(40)37(29)24(10-4)23-38)30(39)36(21-9-3)25-14-16-26(17-15-25)42-11-5/h8-9,14-17,24,27-29,38H,2-3,7,10-13,18-23H2,1,4-6H3/t24-,27-,28-,29?,33+,34?/m0/s1. The van der Waals surface area contributed by atoms with Crippen molar-refractivity contribution in [2.45, 2.75) is 89.5 Å². The molecule has 1 aromatic rings. The van der Waals surface area contributed by atoms with E-state index < -0.39 is 35.1 Å². The van der Waals surface area contributed by atoms with Crippen LogP contribution in [0.4, 0.5) is 5.69 Å². The quantitative estimate of drug-likeness (QED) is 0.226. The summed E-state index contributed by atoms with van der Waals surface area (Å²) in [7, 11) is 0. The molecule has 3 aliphatic rings. The van der Waals surface area contributed by atoms with Crippen LogP contribution < -0.4 is 9.64 Å². The molecule has 0 saturated carbocycles. The second-order valence-corrected chi connectivity index (χ2v) is 12.2. The number of benzene rings is 1. The lowest BCUT2D eigenvalue weighted by molar-refractivity contribution is -0.154. The number of aliphatic hydroxyl groups is 1. The molecule has 1 N–H and O–H groups in total. The van der Waals surface area contributed by atoms with Crippen LogP contribution in [0.5, 0.6) is 5.75 Å². The number of rotatable bonds is 16. The molecule has 3 saturated heterocycles. The van der Waals surface area contributed by atoms with Gasteiger partial charge in [-0.3, -0.25) is 14.4 Å². The van der Waals surface area contributed by atoms with Gasteiger partial charge in [0.15, 0.2) is 0 Å². The number of unbranched alkanes of at least 4 members (excludes halogenated alkanes) is 2. The molecule has 0 radical (unpaired) electrons. The first-order valence-corrected chi connectivity index (χ1v) is 15.9. The van der Waals surface area contributed by atoms with E-state index in [0.717, 1.165) is 19.3 Å². The Morgan fingerprint density at radius 2 is 1.81 bits per heavy atom. The number of nitrogens with zero attached hydrogens (tertiary/aromatic N) is 3. The van der Waals surface area contributed by atoms with Crippen molar-refractivity contribution in [3.8, 4) is 5.75 Å². The van der Waals surface area contributed by atoms with Crippen LogP contribution in [0.25, 0.3) is 0 Å². The van der Waals surface area contributed by atoms with E-state index in [-0.39, 0.29) is 30.9 Å². The zero-order valence-electron chi connectivity index (χ0n) is 26.3. The molecule has 0 aliphatic carbocycles. The average Bonchev–Trinajstić information content (AvgIpc) is 3.57. The number of carbonyl (C=O) groups excluding carboxylic acids is 3. The van der Waals surface area contributed by atoms with E-state index in [4.69, 9.17) is 9.47 Å². The van der Waals surface area contributed by atoms with E-state index in [9.17, 15) is 19.5 Å². The lowest BCUT2D eigenvalue weighted by Gasteiger charge is -2.39. The van der Waals surface area contributed by atoms with Gasteiger partial charge in [-0.05, 0) is 63.8 Å². The number of carbonyl (C=O) groups is 3. The Morgan fingerprint density at radius 3 is 2.40 bits per heavy atom. The van der Waals surface area contributed by atoms with Gasteiger partial charge in [0, 0.05) is 25.3 Å². The molecule has 1 spiro atoms. The highest BCUT2D eigenvalue weighted by Crippen LogP contribution is 2.64.